The lowest BCUT2D eigenvalue weighted by atomic mass is 10.2. The van der Waals surface area contributed by atoms with Crippen molar-refractivity contribution < 1.29 is 0 Å². The predicted octanol–water partition coefficient (Wildman–Crippen LogP) is 0.407. The minimum absolute atomic E-state index is 0.134. The van der Waals surface area contributed by atoms with E-state index in [1.807, 2.05) is 6.92 Å². The van der Waals surface area contributed by atoms with Crippen molar-refractivity contribution in [2.75, 3.05) is 6.54 Å². The maximum Gasteiger partial charge on any atom is 0.194 e. The molecule has 1 aromatic rings. The van der Waals surface area contributed by atoms with E-state index < -0.39 is 0 Å². The van der Waals surface area contributed by atoms with E-state index in [4.69, 9.17) is 16.6 Å². The monoisotopic (exact) mass is 206 g/mol. The summed E-state index contributed by atoms with van der Waals surface area (Å²) in [6, 6.07) is 0. The highest BCUT2D eigenvalue weighted by molar-refractivity contribution is 6.05. The lowest BCUT2D eigenvalue weighted by molar-refractivity contribution is 0.581. The van der Waals surface area contributed by atoms with Crippen LogP contribution in [0.25, 0.3) is 0 Å². The summed E-state index contributed by atoms with van der Waals surface area (Å²) < 4.78 is 0. The third-order valence-corrected chi connectivity index (χ3v) is 1.84. The van der Waals surface area contributed by atoms with Crippen LogP contribution in [0.15, 0.2) is 18.7 Å². The Hall–Kier alpha value is -1.98. The summed E-state index contributed by atoms with van der Waals surface area (Å²) >= 11 is 0. The van der Waals surface area contributed by atoms with Crippen LogP contribution in [0, 0.1) is 10.8 Å². The van der Waals surface area contributed by atoms with Crippen molar-refractivity contribution in [1.82, 2.24) is 14.9 Å². The molecule has 0 fully saturated rings. The van der Waals surface area contributed by atoms with Gasteiger partial charge in [0.2, 0.25) is 0 Å². The SMILES string of the molecule is CCCN(C(=N)N)C(=N)c1cncnc1. The first-order valence-corrected chi connectivity index (χ1v) is 4.62. The first-order chi connectivity index (χ1) is 7.16. The van der Waals surface area contributed by atoms with Crippen molar-refractivity contribution in [1.29, 1.82) is 10.8 Å². The summed E-state index contributed by atoms with van der Waals surface area (Å²) in [5.41, 5.74) is 5.95. The van der Waals surface area contributed by atoms with Crippen LogP contribution in [0.2, 0.25) is 0 Å². The summed E-state index contributed by atoms with van der Waals surface area (Å²) in [5, 5.41) is 15.2. The van der Waals surface area contributed by atoms with Crippen LogP contribution >= 0.6 is 0 Å². The van der Waals surface area contributed by atoms with Gasteiger partial charge in [0.05, 0.1) is 5.56 Å². The number of nitrogens with two attached hydrogens (primary N) is 1. The second-order valence-electron chi connectivity index (χ2n) is 3.01. The second kappa shape index (κ2) is 5.04. The fourth-order valence-corrected chi connectivity index (χ4v) is 1.15. The molecule has 0 aliphatic rings. The van der Waals surface area contributed by atoms with E-state index in [0.717, 1.165) is 6.42 Å². The first kappa shape index (κ1) is 11.1. The van der Waals surface area contributed by atoms with Crippen molar-refractivity contribution in [3.8, 4) is 0 Å². The fourth-order valence-electron chi connectivity index (χ4n) is 1.15. The maximum atomic E-state index is 7.85. The average Bonchev–Trinajstić information content (AvgIpc) is 2.26. The quantitative estimate of drug-likeness (QED) is 0.492. The fraction of sp³-hybridized carbons (Fsp3) is 0.333. The molecule has 0 spiro atoms. The van der Waals surface area contributed by atoms with Gasteiger partial charge in [-0.25, -0.2) is 9.97 Å². The van der Waals surface area contributed by atoms with E-state index in [2.05, 4.69) is 9.97 Å². The Bertz CT molecular complexity index is 347. The molecule has 1 aromatic heterocycles. The van der Waals surface area contributed by atoms with Crippen molar-refractivity contribution in [2.24, 2.45) is 5.73 Å². The minimum atomic E-state index is -0.134. The zero-order chi connectivity index (χ0) is 11.3. The van der Waals surface area contributed by atoms with Gasteiger partial charge in [-0.05, 0) is 6.42 Å². The van der Waals surface area contributed by atoms with Gasteiger partial charge < -0.3 is 5.73 Å². The van der Waals surface area contributed by atoms with E-state index in [1.165, 1.54) is 23.6 Å². The summed E-state index contributed by atoms with van der Waals surface area (Å²) in [5.74, 6) is 0.0238. The van der Waals surface area contributed by atoms with E-state index in [0.29, 0.717) is 12.1 Å². The van der Waals surface area contributed by atoms with Crippen LogP contribution in [-0.2, 0) is 0 Å². The number of aromatic nitrogens is 2. The Morgan fingerprint density at radius 1 is 1.40 bits per heavy atom. The Labute approximate surface area is 88.2 Å². The molecule has 15 heavy (non-hydrogen) atoms. The van der Waals surface area contributed by atoms with Gasteiger partial charge in [-0.15, -0.1) is 0 Å². The lowest BCUT2D eigenvalue weighted by Crippen LogP contribution is -2.41. The molecule has 1 rings (SSSR count). The molecule has 0 atom stereocenters. The lowest BCUT2D eigenvalue weighted by Gasteiger charge is -2.21. The molecular weight excluding hydrogens is 192 g/mol. The van der Waals surface area contributed by atoms with Crippen molar-refractivity contribution >= 4 is 11.8 Å². The van der Waals surface area contributed by atoms with Crippen molar-refractivity contribution in [2.45, 2.75) is 13.3 Å². The Morgan fingerprint density at radius 3 is 2.47 bits per heavy atom. The number of rotatable bonds is 3. The minimum Gasteiger partial charge on any atom is -0.370 e. The molecule has 0 amide bonds. The van der Waals surface area contributed by atoms with Crippen LogP contribution < -0.4 is 5.73 Å². The van der Waals surface area contributed by atoms with Crippen LogP contribution in [0.4, 0.5) is 0 Å². The van der Waals surface area contributed by atoms with Crippen LogP contribution in [-0.4, -0.2) is 33.2 Å². The number of nitrogens with zero attached hydrogens (tertiary/aromatic N) is 3. The van der Waals surface area contributed by atoms with E-state index >= 15 is 0 Å². The molecule has 0 radical (unpaired) electrons. The van der Waals surface area contributed by atoms with Crippen LogP contribution in [0.5, 0.6) is 0 Å². The van der Waals surface area contributed by atoms with Gasteiger partial charge in [-0.3, -0.25) is 15.7 Å². The largest absolute Gasteiger partial charge is 0.370 e. The number of amidine groups is 1. The molecule has 0 bridgehead atoms. The van der Waals surface area contributed by atoms with Gasteiger partial charge in [0, 0.05) is 18.9 Å². The van der Waals surface area contributed by atoms with Gasteiger partial charge in [0.1, 0.15) is 12.2 Å². The molecule has 6 nitrogen and oxygen atoms in total. The first-order valence-electron chi connectivity index (χ1n) is 4.62. The second-order valence-corrected chi connectivity index (χ2v) is 3.01. The maximum absolute atomic E-state index is 7.85. The van der Waals surface area contributed by atoms with Gasteiger partial charge >= 0.3 is 0 Å². The summed E-state index contributed by atoms with van der Waals surface area (Å²) in [4.78, 5) is 9.05. The Balaban J connectivity index is 2.86. The van der Waals surface area contributed by atoms with E-state index in [-0.39, 0.29) is 11.8 Å². The molecule has 80 valence electrons. The zero-order valence-corrected chi connectivity index (χ0v) is 8.57. The van der Waals surface area contributed by atoms with E-state index in [1.54, 1.807) is 0 Å². The smallest absolute Gasteiger partial charge is 0.194 e. The molecule has 0 aromatic carbocycles. The highest BCUT2D eigenvalue weighted by atomic mass is 15.3. The molecule has 0 unspecified atom stereocenters. The highest BCUT2D eigenvalue weighted by Gasteiger charge is 2.13. The number of hydrogen-bond donors (Lipinski definition) is 3. The number of nitrogens with one attached hydrogen (secondary N) is 2. The van der Waals surface area contributed by atoms with Crippen molar-refractivity contribution in [3.05, 3.63) is 24.3 Å². The summed E-state index contributed by atoms with van der Waals surface area (Å²) in [7, 11) is 0. The standard InChI is InChI=1S/C9H14N6/c1-2-3-15(9(11)12)8(10)7-4-13-6-14-5-7/h4-6,10H,2-3H2,1H3,(H3,11,12). The summed E-state index contributed by atoms with van der Waals surface area (Å²) in [6.45, 7) is 2.51. The molecule has 0 aliphatic carbocycles. The Morgan fingerprint density at radius 2 is 2.00 bits per heavy atom. The van der Waals surface area contributed by atoms with E-state index in [9.17, 15) is 0 Å². The summed E-state index contributed by atoms with van der Waals surface area (Å²) in [6.07, 6.45) is 5.27. The van der Waals surface area contributed by atoms with Gasteiger partial charge in [0.25, 0.3) is 0 Å². The third kappa shape index (κ3) is 2.73. The topological polar surface area (TPSA) is 103 Å². The molecule has 0 saturated carbocycles. The van der Waals surface area contributed by atoms with Crippen LogP contribution in [0.3, 0.4) is 0 Å². The molecule has 6 heteroatoms. The van der Waals surface area contributed by atoms with Gasteiger partial charge in [0.15, 0.2) is 5.96 Å². The van der Waals surface area contributed by atoms with Crippen molar-refractivity contribution in [3.63, 3.8) is 0 Å². The molecule has 1 heterocycles. The predicted molar refractivity (Wildman–Crippen MR) is 57.8 cm³/mol. The average molecular weight is 206 g/mol. The van der Waals surface area contributed by atoms with Crippen LogP contribution in [0.1, 0.15) is 18.9 Å². The molecule has 0 aliphatic heterocycles. The van der Waals surface area contributed by atoms with Gasteiger partial charge in [-0.2, -0.15) is 0 Å². The zero-order valence-electron chi connectivity index (χ0n) is 8.57. The molecule has 0 saturated heterocycles. The number of guanidine groups is 1. The normalized spacial score (nSPS) is 9.67. The van der Waals surface area contributed by atoms with Gasteiger partial charge in [-0.1, -0.05) is 6.92 Å². The molecule has 4 N–H and O–H groups in total. The molecular formula is C9H14N6. The Kier molecular flexibility index (Phi) is 3.73. The highest BCUT2D eigenvalue weighted by Crippen LogP contribution is 2.01. The number of hydrogen-bond acceptors (Lipinski definition) is 4. The third-order valence-electron chi connectivity index (χ3n) is 1.84.